The number of hydrogen-bond acceptors (Lipinski definition) is 3. The molecule has 4 heteroatoms. The Morgan fingerprint density at radius 1 is 1.29 bits per heavy atom. The number of benzene rings is 1. The predicted octanol–water partition coefficient (Wildman–Crippen LogP) is 3.22. The Labute approximate surface area is 101 Å². The molecule has 0 amide bonds. The Morgan fingerprint density at radius 3 is 2.82 bits per heavy atom. The second-order valence-corrected chi connectivity index (χ2v) is 4.77. The number of hydrogen-bond donors (Lipinski definition) is 0. The summed E-state index contributed by atoms with van der Waals surface area (Å²) in [5.41, 5.74) is 0.994. The quantitative estimate of drug-likeness (QED) is 0.583. The minimum atomic E-state index is -0.288. The summed E-state index contributed by atoms with van der Waals surface area (Å²) in [5.74, 6) is 0.725. The number of anilines is 1. The molecule has 92 valence electrons. The summed E-state index contributed by atoms with van der Waals surface area (Å²) in [7, 11) is 0. The molecular weight excluding hydrogens is 216 g/mol. The van der Waals surface area contributed by atoms with Crippen LogP contribution in [0.5, 0.6) is 0 Å². The maximum atomic E-state index is 11.0. The molecule has 0 N–H and O–H groups in total. The van der Waals surface area contributed by atoms with Crippen molar-refractivity contribution in [2.24, 2.45) is 5.92 Å². The molecule has 1 aliphatic rings. The van der Waals surface area contributed by atoms with Crippen LogP contribution in [-0.4, -0.2) is 18.0 Å². The van der Waals surface area contributed by atoms with Crippen LogP contribution < -0.4 is 4.90 Å². The van der Waals surface area contributed by atoms with Gasteiger partial charge in [0.15, 0.2) is 0 Å². The average molecular weight is 234 g/mol. The molecule has 0 spiro atoms. The van der Waals surface area contributed by atoms with Gasteiger partial charge in [0.05, 0.1) is 4.92 Å². The van der Waals surface area contributed by atoms with Crippen molar-refractivity contribution in [2.45, 2.75) is 26.2 Å². The van der Waals surface area contributed by atoms with Gasteiger partial charge in [-0.2, -0.15) is 0 Å². The molecule has 1 saturated heterocycles. The van der Waals surface area contributed by atoms with Gasteiger partial charge in [0.2, 0.25) is 0 Å². The van der Waals surface area contributed by atoms with E-state index in [2.05, 4.69) is 11.8 Å². The van der Waals surface area contributed by atoms with Gasteiger partial charge in [-0.15, -0.1) is 0 Å². The van der Waals surface area contributed by atoms with Crippen molar-refractivity contribution in [3.05, 3.63) is 34.4 Å². The Morgan fingerprint density at radius 2 is 2.06 bits per heavy atom. The summed E-state index contributed by atoms with van der Waals surface area (Å²) < 4.78 is 0. The van der Waals surface area contributed by atoms with Crippen LogP contribution in [-0.2, 0) is 0 Å². The molecule has 17 heavy (non-hydrogen) atoms. The first-order valence-corrected chi connectivity index (χ1v) is 6.17. The predicted molar refractivity (Wildman–Crippen MR) is 68.3 cm³/mol. The van der Waals surface area contributed by atoms with Crippen molar-refractivity contribution < 1.29 is 4.92 Å². The van der Waals surface area contributed by atoms with Crippen molar-refractivity contribution in [1.29, 1.82) is 0 Å². The van der Waals surface area contributed by atoms with Crippen LogP contribution in [0.15, 0.2) is 24.3 Å². The van der Waals surface area contributed by atoms with E-state index in [9.17, 15) is 10.1 Å². The Balaban J connectivity index is 2.24. The lowest BCUT2D eigenvalue weighted by atomic mass is 10.0. The largest absolute Gasteiger partial charge is 0.366 e. The fourth-order valence-electron chi connectivity index (χ4n) is 2.39. The number of nitrogens with zero attached hydrogens (tertiary/aromatic N) is 2. The maximum absolute atomic E-state index is 11.0. The van der Waals surface area contributed by atoms with Crippen LogP contribution >= 0.6 is 0 Å². The molecule has 1 heterocycles. The van der Waals surface area contributed by atoms with Crippen LogP contribution in [0.25, 0.3) is 0 Å². The Kier molecular flexibility index (Phi) is 3.61. The SMILES string of the molecule is CC1CCCN(c2ccccc2[N+](=O)[O-])CC1. The van der Waals surface area contributed by atoms with Crippen molar-refractivity contribution in [1.82, 2.24) is 0 Å². The fraction of sp³-hybridized carbons (Fsp3) is 0.538. The lowest BCUT2D eigenvalue weighted by molar-refractivity contribution is -0.384. The molecule has 0 saturated carbocycles. The molecule has 1 aliphatic heterocycles. The maximum Gasteiger partial charge on any atom is 0.292 e. The zero-order valence-corrected chi connectivity index (χ0v) is 10.1. The molecule has 0 bridgehead atoms. The highest BCUT2D eigenvalue weighted by Gasteiger charge is 2.20. The first kappa shape index (κ1) is 11.9. The van der Waals surface area contributed by atoms with Crippen LogP contribution in [0.1, 0.15) is 26.2 Å². The molecule has 0 aliphatic carbocycles. The summed E-state index contributed by atoms with van der Waals surface area (Å²) in [5, 5.41) is 11.0. The van der Waals surface area contributed by atoms with Crippen molar-refractivity contribution in [3.8, 4) is 0 Å². The van der Waals surface area contributed by atoms with E-state index in [1.54, 1.807) is 12.1 Å². The molecule has 2 rings (SSSR count). The monoisotopic (exact) mass is 234 g/mol. The lowest BCUT2D eigenvalue weighted by Gasteiger charge is -2.22. The van der Waals surface area contributed by atoms with Gasteiger partial charge >= 0.3 is 0 Å². The smallest absolute Gasteiger partial charge is 0.292 e. The molecule has 0 radical (unpaired) electrons. The van der Waals surface area contributed by atoms with E-state index in [1.165, 1.54) is 6.42 Å². The van der Waals surface area contributed by atoms with E-state index in [1.807, 2.05) is 12.1 Å². The van der Waals surface area contributed by atoms with Crippen LogP contribution in [0.3, 0.4) is 0 Å². The van der Waals surface area contributed by atoms with E-state index < -0.39 is 0 Å². The third-order valence-electron chi connectivity index (χ3n) is 3.44. The van der Waals surface area contributed by atoms with Gasteiger partial charge in [0.1, 0.15) is 5.69 Å². The van der Waals surface area contributed by atoms with Gasteiger partial charge < -0.3 is 4.90 Å². The second-order valence-electron chi connectivity index (χ2n) is 4.77. The third kappa shape index (κ3) is 2.75. The molecule has 4 nitrogen and oxygen atoms in total. The van der Waals surface area contributed by atoms with Crippen molar-refractivity contribution in [3.63, 3.8) is 0 Å². The summed E-state index contributed by atoms with van der Waals surface area (Å²) >= 11 is 0. The van der Waals surface area contributed by atoms with E-state index in [-0.39, 0.29) is 10.6 Å². The molecule has 1 unspecified atom stereocenters. The number of para-hydroxylation sites is 2. The highest BCUT2D eigenvalue weighted by molar-refractivity contribution is 5.63. The molecule has 1 aromatic rings. The van der Waals surface area contributed by atoms with Gasteiger partial charge in [-0.25, -0.2) is 0 Å². The molecule has 1 atom stereocenters. The van der Waals surface area contributed by atoms with Gasteiger partial charge in [-0.1, -0.05) is 19.1 Å². The van der Waals surface area contributed by atoms with Crippen LogP contribution in [0.2, 0.25) is 0 Å². The van der Waals surface area contributed by atoms with Crippen LogP contribution in [0.4, 0.5) is 11.4 Å². The summed E-state index contributed by atoms with van der Waals surface area (Å²) in [6.45, 7) is 4.10. The molecule has 1 aromatic carbocycles. The zero-order chi connectivity index (χ0) is 12.3. The number of rotatable bonds is 2. The van der Waals surface area contributed by atoms with Crippen molar-refractivity contribution >= 4 is 11.4 Å². The van der Waals surface area contributed by atoms with Gasteiger partial charge in [0, 0.05) is 19.2 Å². The van der Waals surface area contributed by atoms with Crippen LogP contribution in [0, 0.1) is 16.0 Å². The fourth-order valence-corrected chi connectivity index (χ4v) is 2.39. The highest BCUT2D eigenvalue weighted by Crippen LogP contribution is 2.30. The average Bonchev–Trinajstić information content (AvgIpc) is 2.54. The van der Waals surface area contributed by atoms with Gasteiger partial charge in [0.25, 0.3) is 5.69 Å². The standard InChI is InChI=1S/C13H18N2O2/c1-11-5-4-9-14(10-8-11)12-6-2-3-7-13(12)15(16)17/h2-3,6-7,11H,4-5,8-10H2,1H3. The number of nitro groups is 1. The first-order chi connectivity index (χ1) is 8.18. The van der Waals surface area contributed by atoms with Crippen molar-refractivity contribution in [2.75, 3.05) is 18.0 Å². The number of nitro benzene ring substituents is 1. The highest BCUT2D eigenvalue weighted by atomic mass is 16.6. The Hall–Kier alpha value is -1.58. The third-order valence-corrected chi connectivity index (χ3v) is 3.44. The van der Waals surface area contributed by atoms with E-state index >= 15 is 0 Å². The van der Waals surface area contributed by atoms with E-state index in [0.29, 0.717) is 0 Å². The molecular formula is C13H18N2O2. The topological polar surface area (TPSA) is 46.4 Å². The molecule has 1 fully saturated rings. The van der Waals surface area contributed by atoms with E-state index in [0.717, 1.165) is 37.5 Å². The van der Waals surface area contributed by atoms with Gasteiger partial charge in [-0.3, -0.25) is 10.1 Å². The first-order valence-electron chi connectivity index (χ1n) is 6.17. The van der Waals surface area contributed by atoms with E-state index in [4.69, 9.17) is 0 Å². The summed E-state index contributed by atoms with van der Waals surface area (Å²) in [6.07, 6.45) is 3.45. The zero-order valence-electron chi connectivity index (χ0n) is 10.1. The normalized spacial score (nSPS) is 21.0. The lowest BCUT2D eigenvalue weighted by Crippen LogP contribution is -2.24. The minimum Gasteiger partial charge on any atom is -0.366 e. The summed E-state index contributed by atoms with van der Waals surface area (Å²) in [6, 6.07) is 7.04. The molecule has 0 aromatic heterocycles. The minimum absolute atomic E-state index is 0.224. The Bertz CT molecular complexity index is 406. The summed E-state index contributed by atoms with van der Waals surface area (Å²) in [4.78, 5) is 12.9. The second kappa shape index (κ2) is 5.17. The van der Waals surface area contributed by atoms with Gasteiger partial charge in [-0.05, 0) is 31.2 Å².